The van der Waals surface area contributed by atoms with Gasteiger partial charge in [0.1, 0.15) is 5.76 Å². The van der Waals surface area contributed by atoms with E-state index in [1.54, 1.807) is 16.7 Å². The number of nitrogens with zero attached hydrogens (tertiary/aromatic N) is 2. The summed E-state index contributed by atoms with van der Waals surface area (Å²) in [6.07, 6.45) is 8.82. The fourth-order valence-corrected chi connectivity index (χ4v) is 2.61. The minimum absolute atomic E-state index is 0.0359. The van der Waals surface area contributed by atoms with Gasteiger partial charge >= 0.3 is 0 Å². The van der Waals surface area contributed by atoms with Crippen LogP contribution in [0.25, 0.3) is 11.1 Å². The van der Waals surface area contributed by atoms with Crippen molar-refractivity contribution in [3.05, 3.63) is 76.1 Å². The van der Waals surface area contributed by atoms with Gasteiger partial charge in [-0.25, -0.2) is 0 Å². The molecule has 0 unspecified atom stereocenters. The van der Waals surface area contributed by atoms with Crippen LogP contribution in [-0.2, 0) is 6.54 Å². The molecule has 0 aliphatic carbocycles. The number of rotatable bonds is 5. The van der Waals surface area contributed by atoms with E-state index in [1.807, 2.05) is 52.1 Å². The summed E-state index contributed by atoms with van der Waals surface area (Å²) in [6.45, 7) is 16.2. The van der Waals surface area contributed by atoms with Gasteiger partial charge in [-0.15, -0.1) is 0 Å². The molecule has 0 radical (unpaired) electrons. The Morgan fingerprint density at radius 1 is 1.31 bits per heavy atom. The second-order valence-electron chi connectivity index (χ2n) is 6.19. The van der Waals surface area contributed by atoms with Gasteiger partial charge in [0, 0.05) is 23.4 Å². The summed E-state index contributed by atoms with van der Waals surface area (Å²) < 4.78 is 6.93. The summed E-state index contributed by atoms with van der Waals surface area (Å²) in [5.41, 5.74) is 4.84. The lowest BCUT2D eigenvalue weighted by atomic mass is 10.1. The number of pyridine rings is 1. The molecule has 0 aliphatic rings. The van der Waals surface area contributed by atoms with E-state index >= 15 is 0 Å². The lowest BCUT2D eigenvalue weighted by molar-refractivity contribution is 0.393. The first-order valence-corrected chi connectivity index (χ1v) is 8.98. The van der Waals surface area contributed by atoms with Gasteiger partial charge in [-0.05, 0) is 44.9 Å². The van der Waals surface area contributed by atoms with Gasteiger partial charge in [-0.3, -0.25) is 4.79 Å². The van der Waals surface area contributed by atoms with Crippen LogP contribution in [0.1, 0.15) is 45.6 Å². The summed E-state index contributed by atoms with van der Waals surface area (Å²) in [5.74, 6) is 0.752. The maximum atomic E-state index is 12.2. The van der Waals surface area contributed by atoms with Crippen molar-refractivity contribution in [2.24, 2.45) is 0 Å². The van der Waals surface area contributed by atoms with Gasteiger partial charge in [-0.2, -0.15) is 0 Å². The van der Waals surface area contributed by atoms with Crippen molar-refractivity contribution in [2.45, 2.75) is 54.5 Å². The van der Waals surface area contributed by atoms with Gasteiger partial charge in [-0.1, -0.05) is 50.2 Å². The lowest BCUT2D eigenvalue weighted by Crippen LogP contribution is -2.20. The van der Waals surface area contributed by atoms with Crippen LogP contribution in [-0.4, -0.2) is 9.72 Å². The SMILES string of the molecule is C=C/C=C(C)\C(=C/C)Cn1cc(-c2c(C)noc2C)ccc1=O.CCC. The molecule has 0 saturated carbocycles. The normalized spacial score (nSPS) is 11.8. The van der Waals surface area contributed by atoms with Crippen LogP contribution in [0, 0.1) is 13.8 Å². The molecule has 4 heteroatoms. The molecule has 0 atom stereocenters. The number of hydrogen-bond donors (Lipinski definition) is 0. The highest BCUT2D eigenvalue weighted by Crippen LogP contribution is 2.26. The number of allylic oxidation sites excluding steroid dienone is 5. The van der Waals surface area contributed by atoms with E-state index in [-0.39, 0.29) is 5.56 Å². The van der Waals surface area contributed by atoms with Crippen molar-refractivity contribution >= 4 is 0 Å². The molecule has 140 valence electrons. The van der Waals surface area contributed by atoms with Crippen molar-refractivity contribution < 1.29 is 4.52 Å². The summed E-state index contributed by atoms with van der Waals surface area (Å²) in [4.78, 5) is 12.2. The Hall–Kier alpha value is -2.62. The highest BCUT2D eigenvalue weighted by molar-refractivity contribution is 5.66. The molecule has 0 N–H and O–H groups in total. The lowest BCUT2D eigenvalue weighted by Gasteiger charge is -2.12. The Kier molecular flexibility index (Phi) is 8.56. The molecule has 26 heavy (non-hydrogen) atoms. The molecule has 4 nitrogen and oxygen atoms in total. The molecule has 0 aliphatic heterocycles. The predicted octanol–water partition coefficient (Wildman–Crippen LogP) is 5.62. The molecule has 2 aromatic heterocycles. The first-order chi connectivity index (χ1) is 12.4. The van der Waals surface area contributed by atoms with E-state index < -0.39 is 0 Å². The Bertz CT molecular complexity index is 832. The third-order valence-corrected chi connectivity index (χ3v) is 3.87. The minimum atomic E-state index is -0.0359. The molecule has 0 spiro atoms. The van der Waals surface area contributed by atoms with Crippen LogP contribution >= 0.6 is 0 Å². The topological polar surface area (TPSA) is 48.0 Å². The van der Waals surface area contributed by atoms with Crippen molar-refractivity contribution in [3.8, 4) is 11.1 Å². The maximum absolute atomic E-state index is 12.2. The highest BCUT2D eigenvalue weighted by atomic mass is 16.5. The predicted molar refractivity (Wildman–Crippen MR) is 109 cm³/mol. The van der Waals surface area contributed by atoms with Gasteiger partial charge in [0.15, 0.2) is 0 Å². The zero-order valence-corrected chi connectivity index (χ0v) is 16.8. The second-order valence-corrected chi connectivity index (χ2v) is 6.19. The van der Waals surface area contributed by atoms with Gasteiger partial charge in [0.05, 0.1) is 12.2 Å². The van der Waals surface area contributed by atoms with E-state index in [4.69, 9.17) is 4.52 Å². The molecular weight excluding hydrogens is 324 g/mol. The van der Waals surface area contributed by atoms with Crippen LogP contribution < -0.4 is 5.56 Å². The third-order valence-electron chi connectivity index (χ3n) is 3.87. The average molecular weight is 354 g/mol. The summed E-state index contributed by atoms with van der Waals surface area (Å²) >= 11 is 0. The van der Waals surface area contributed by atoms with E-state index in [0.717, 1.165) is 33.7 Å². The van der Waals surface area contributed by atoms with E-state index in [0.29, 0.717) is 6.54 Å². The van der Waals surface area contributed by atoms with Gasteiger partial charge < -0.3 is 9.09 Å². The standard InChI is InChI=1S/C19H22N2O2.C3H8/c1-6-8-13(3)16(7-2)11-21-12-17(9-10-18(21)22)19-14(4)20-23-15(19)5;1-3-2/h6-10,12H,1,11H2,2-5H3;3H2,1-2H3/b13-8-,16-7-;. The monoisotopic (exact) mass is 354 g/mol. The fourth-order valence-electron chi connectivity index (χ4n) is 2.61. The fraction of sp³-hybridized carbons (Fsp3) is 0.364. The van der Waals surface area contributed by atoms with Crippen LogP contribution in [0.3, 0.4) is 0 Å². The van der Waals surface area contributed by atoms with Gasteiger partial charge in [0.2, 0.25) is 0 Å². The molecule has 0 fully saturated rings. The maximum Gasteiger partial charge on any atom is 0.250 e. The van der Waals surface area contributed by atoms with E-state index in [9.17, 15) is 4.79 Å². The van der Waals surface area contributed by atoms with E-state index in [1.165, 1.54) is 6.42 Å². The van der Waals surface area contributed by atoms with Crippen molar-refractivity contribution in [2.75, 3.05) is 0 Å². The van der Waals surface area contributed by atoms with Crippen LogP contribution in [0.2, 0.25) is 0 Å². The molecule has 2 rings (SSSR count). The first-order valence-electron chi connectivity index (χ1n) is 8.98. The quantitative estimate of drug-likeness (QED) is 0.655. The molecule has 0 amide bonds. The highest BCUT2D eigenvalue weighted by Gasteiger charge is 2.13. The summed E-state index contributed by atoms with van der Waals surface area (Å²) in [7, 11) is 0. The molecular formula is C22H30N2O2. The zero-order chi connectivity index (χ0) is 19.7. The van der Waals surface area contributed by atoms with Crippen molar-refractivity contribution in [1.29, 1.82) is 0 Å². The average Bonchev–Trinajstić information content (AvgIpc) is 2.94. The second kappa shape index (κ2) is 10.4. The van der Waals surface area contributed by atoms with Crippen molar-refractivity contribution in [3.63, 3.8) is 0 Å². The zero-order valence-electron chi connectivity index (χ0n) is 16.8. The van der Waals surface area contributed by atoms with Crippen LogP contribution in [0.5, 0.6) is 0 Å². The molecule has 0 saturated heterocycles. The third kappa shape index (κ3) is 5.45. The summed E-state index contributed by atoms with van der Waals surface area (Å²) in [5, 5.41) is 3.98. The molecule has 2 heterocycles. The Labute approximate surface area is 156 Å². The summed E-state index contributed by atoms with van der Waals surface area (Å²) in [6, 6.07) is 3.40. The Balaban J connectivity index is 0.00000105. The largest absolute Gasteiger partial charge is 0.361 e. The molecule has 0 bridgehead atoms. The van der Waals surface area contributed by atoms with Crippen LogP contribution in [0.4, 0.5) is 0 Å². The number of aromatic nitrogens is 2. The van der Waals surface area contributed by atoms with Gasteiger partial charge in [0.25, 0.3) is 5.56 Å². The number of aryl methyl sites for hydroxylation is 2. The first kappa shape index (κ1) is 21.4. The molecule has 2 aromatic rings. The van der Waals surface area contributed by atoms with Crippen molar-refractivity contribution in [1.82, 2.24) is 9.72 Å². The number of hydrogen-bond acceptors (Lipinski definition) is 3. The minimum Gasteiger partial charge on any atom is -0.361 e. The smallest absolute Gasteiger partial charge is 0.250 e. The molecule has 0 aromatic carbocycles. The Morgan fingerprint density at radius 2 is 1.96 bits per heavy atom. The Morgan fingerprint density at radius 3 is 2.46 bits per heavy atom. The van der Waals surface area contributed by atoms with E-state index in [2.05, 4.69) is 25.6 Å². The van der Waals surface area contributed by atoms with Crippen LogP contribution in [0.15, 0.2) is 63.6 Å².